The second-order valence-corrected chi connectivity index (χ2v) is 7.04. The normalized spacial score (nSPS) is 19.5. The Labute approximate surface area is 144 Å². The van der Waals surface area contributed by atoms with Gasteiger partial charge in [0.15, 0.2) is 0 Å². The lowest BCUT2D eigenvalue weighted by atomic mass is 9.78. The number of nitrogens with one attached hydrogen (secondary N) is 1. The van der Waals surface area contributed by atoms with Crippen molar-refractivity contribution in [1.29, 1.82) is 0 Å². The van der Waals surface area contributed by atoms with E-state index in [0.717, 1.165) is 39.0 Å². The molecule has 2 heterocycles. The van der Waals surface area contributed by atoms with E-state index in [9.17, 15) is 9.59 Å². The molecule has 1 aromatic carbocycles. The summed E-state index contributed by atoms with van der Waals surface area (Å²) in [4.78, 5) is 28.6. The number of anilines is 1. The van der Waals surface area contributed by atoms with Gasteiger partial charge in [-0.2, -0.15) is 0 Å². The molecule has 0 bridgehead atoms. The predicted molar refractivity (Wildman–Crippen MR) is 95.2 cm³/mol. The molecule has 0 radical (unpaired) electrons. The summed E-state index contributed by atoms with van der Waals surface area (Å²) in [6.07, 6.45) is 3.78. The van der Waals surface area contributed by atoms with Gasteiger partial charge in [-0.15, -0.1) is 0 Å². The lowest BCUT2D eigenvalue weighted by Crippen LogP contribution is -2.44. The lowest BCUT2D eigenvalue weighted by Gasteiger charge is -2.39. The van der Waals surface area contributed by atoms with Gasteiger partial charge in [0.25, 0.3) is 5.91 Å². The highest BCUT2D eigenvalue weighted by Crippen LogP contribution is 2.37. The van der Waals surface area contributed by atoms with Gasteiger partial charge in [0.2, 0.25) is 5.91 Å². The number of para-hydroxylation sites is 1. The number of amides is 2. The lowest BCUT2D eigenvalue weighted by molar-refractivity contribution is -0.118. The van der Waals surface area contributed by atoms with Gasteiger partial charge < -0.3 is 15.1 Å². The first-order chi connectivity index (χ1) is 11.6. The van der Waals surface area contributed by atoms with Crippen molar-refractivity contribution in [3.63, 3.8) is 0 Å². The summed E-state index contributed by atoms with van der Waals surface area (Å²) in [5.41, 5.74) is 1.73. The van der Waals surface area contributed by atoms with Crippen LogP contribution < -0.4 is 10.2 Å². The Balaban J connectivity index is 1.75. The zero-order valence-electron chi connectivity index (χ0n) is 14.7. The van der Waals surface area contributed by atoms with Crippen LogP contribution in [0.5, 0.6) is 0 Å². The van der Waals surface area contributed by atoms with E-state index in [1.54, 1.807) is 11.9 Å². The quantitative estimate of drug-likeness (QED) is 0.925. The summed E-state index contributed by atoms with van der Waals surface area (Å²) in [5, 5.41) is 3.45. The van der Waals surface area contributed by atoms with Crippen LogP contribution in [0, 0.1) is 5.41 Å². The highest BCUT2D eigenvalue weighted by atomic mass is 16.2. The maximum atomic E-state index is 13.0. The van der Waals surface area contributed by atoms with Crippen molar-refractivity contribution in [3.8, 4) is 0 Å². The Kier molecular flexibility index (Phi) is 4.90. The molecule has 3 rings (SSSR count). The minimum atomic E-state index is 0.0184. The van der Waals surface area contributed by atoms with Gasteiger partial charge in [-0.05, 0) is 43.4 Å². The van der Waals surface area contributed by atoms with E-state index in [4.69, 9.17) is 0 Å². The van der Waals surface area contributed by atoms with Gasteiger partial charge in [0.1, 0.15) is 0 Å². The van der Waals surface area contributed by atoms with Crippen LogP contribution in [0.4, 0.5) is 5.69 Å². The molecule has 2 amide bonds. The zero-order chi connectivity index (χ0) is 17.2. The smallest absolute Gasteiger partial charge is 0.255 e. The topological polar surface area (TPSA) is 52.7 Å². The molecule has 2 fully saturated rings. The highest BCUT2D eigenvalue weighted by Gasteiger charge is 2.38. The summed E-state index contributed by atoms with van der Waals surface area (Å²) >= 11 is 0. The average Bonchev–Trinajstić information content (AvgIpc) is 3.08. The van der Waals surface area contributed by atoms with E-state index >= 15 is 0 Å². The van der Waals surface area contributed by atoms with E-state index in [0.29, 0.717) is 23.1 Å². The van der Waals surface area contributed by atoms with Gasteiger partial charge in [0, 0.05) is 33.1 Å². The summed E-state index contributed by atoms with van der Waals surface area (Å²) in [6, 6.07) is 7.43. The number of piperidine rings is 1. The van der Waals surface area contributed by atoms with Crippen molar-refractivity contribution in [3.05, 3.63) is 29.8 Å². The number of rotatable bonds is 3. The van der Waals surface area contributed by atoms with Crippen LogP contribution in [0.3, 0.4) is 0 Å². The van der Waals surface area contributed by atoms with Crippen molar-refractivity contribution in [2.45, 2.75) is 32.6 Å². The molecule has 5 nitrogen and oxygen atoms in total. The zero-order valence-corrected chi connectivity index (χ0v) is 14.7. The monoisotopic (exact) mass is 329 g/mol. The third-order valence-corrected chi connectivity index (χ3v) is 5.62. The van der Waals surface area contributed by atoms with Crippen molar-refractivity contribution in [2.75, 3.05) is 38.1 Å². The molecule has 1 aromatic rings. The molecular weight excluding hydrogens is 302 g/mol. The van der Waals surface area contributed by atoms with Crippen molar-refractivity contribution in [1.82, 2.24) is 10.2 Å². The number of hydrogen-bond donors (Lipinski definition) is 1. The molecule has 1 spiro atoms. The van der Waals surface area contributed by atoms with Crippen LogP contribution in [-0.4, -0.2) is 49.9 Å². The number of likely N-dealkylation sites (tertiary alicyclic amines) is 1. The predicted octanol–water partition coefficient (Wildman–Crippen LogP) is 2.28. The molecule has 0 atom stereocenters. The van der Waals surface area contributed by atoms with Gasteiger partial charge in [-0.25, -0.2) is 0 Å². The molecule has 2 aliphatic rings. The van der Waals surface area contributed by atoms with Crippen LogP contribution in [0.2, 0.25) is 0 Å². The van der Waals surface area contributed by atoms with Crippen LogP contribution >= 0.6 is 0 Å². The third-order valence-electron chi connectivity index (χ3n) is 5.62. The van der Waals surface area contributed by atoms with E-state index in [1.165, 1.54) is 6.42 Å². The maximum Gasteiger partial charge on any atom is 0.255 e. The van der Waals surface area contributed by atoms with Gasteiger partial charge in [-0.1, -0.05) is 19.1 Å². The Morgan fingerprint density at radius 3 is 2.54 bits per heavy atom. The van der Waals surface area contributed by atoms with E-state index < -0.39 is 0 Å². The second-order valence-electron chi connectivity index (χ2n) is 7.04. The molecule has 0 aliphatic carbocycles. The van der Waals surface area contributed by atoms with E-state index in [2.05, 4.69) is 5.32 Å². The van der Waals surface area contributed by atoms with Crippen molar-refractivity contribution in [2.24, 2.45) is 5.41 Å². The fourth-order valence-electron chi connectivity index (χ4n) is 3.90. The van der Waals surface area contributed by atoms with Crippen LogP contribution in [0.1, 0.15) is 43.0 Å². The van der Waals surface area contributed by atoms with Crippen molar-refractivity contribution < 1.29 is 9.59 Å². The standard InChI is InChI=1S/C19H27N3O2/c1-3-17(23)21(2)16-7-5-4-6-15(16)18(24)22-12-9-19(10-13-22)8-11-20-14-19/h4-7,20H,3,8-14H2,1-2H3. The number of nitrogens with zero attached hydrogens (tertiary/aromatic N) is 2. The minimum absolute atomic E-state index is 0.0184. The number of benzene rings is 1. The SMILES string of the molecule is CCC(=O)N(C)c1ccccc1C(=O)N1CCC2(CCNC2)CC1. The molecule has 5 heteroatoms. The maximum absolute atomic E-state index is 13.0. The van der Waals surface area contributed by atoms with E-state index in [-0.39, 0.29) is 11.8 Å². The molecule has 0 unspecified atom stereocenters. The van der Waals surface area contributed by atoms with Gasteiger partial charge in [0.05, 0.1) is 11.3 Å². The third kappa shape index (κ3) is 3.18. The molecular formula is C19H27N3O2. The Morgan fingerprint density at radius 2 is 1.92 bits per heavy atom. The molecule has 24 heavy (non-hydrogen) atoms. The summed E-state index contributed by atoms with van der Waals surface area (Å²) in [5.74, 6) is 0.0621. The Morgan fingerprint density at radius 1 is 1.21 bits per heavy atom. The Bertz CT molecular complexity index is 613. The fourth-order valence-corrected chi connectivity index (χ4v) is 3.90. The minimum Gasteiger partial charge on any atom is -0.339 e. The average molecular weight is 329 g/mol. The first-order valence-electron chi connectivity index (χ1n) is 8.92. The summed E-state index contributed by atoms with van der Waals surface area (Å²) < 4.78 is 0. The molecule has 130 valence electrons. The summed E-state index contributed by atoms with van der Waals surface area (Å²) in [7, 11) is 1.74. The van der Waals surface area contributed by atoms with Gasteiger partial charge >= 0.3 is 0 Å². The first-order valence-corrected chi connectivity index (χ1v) is 8.92. The molecule has 2 aliphatic heterocycles. The van der Waals surface area contributed by atoms with Crippen LogP contribution in [-0.2, 0) is 4.79 Å². The van der Waals surface area contributed by atoms with Crippen molar-refractivity contribution >= 4 is 17.5 Å². The summed E-state index contributed by atoms with van der Waals surface area (Å²) in [6.45, 7) is 5.63. The van der Waals surface area contributed by atoms with Crippen LogP contribution in [0.15, 0.2) is 24.3 Å². The van der Waals surface area contributed by atoms with Crippen LogP contribution in [0.25, 0.3) is 0 Å². The first kappa shape index (κ1) is 17.0. The van der Waals surface area contributed by atoms with Gasteiger partial charge in [-0.3, -0.25) is 9.59 Å². The number of carbonyl (C=O) groups excluding carboxylic acids is 2. The highest BCUT2D eigenvalue weighted by molar-refractivity contribution is 6.04. The molecule has 2 saturated heterocycles. The Hall–Kier alpha value is -1.88. The largest absolute Gasteiger partial charge is 0.339 e. The molecule has 1 N–H and O–H groups in total. The fraction of sp³-hybridized carbons (Fsp3) is 0.579. The molecule has 0 aromatic heterocycles. The number of hydrogen-bond acceptors (Lipinski definition) is 3. The molecule has 0 saturated carbocycles. The number of carbonyl (C=O) groups is 2. The van der Waals surface area contributed by atoms with E-state index in [1.807, 2.05) is 36.1 Å². The second kappa shape index (κ2) is 6.93.